The average Bonchev–Trinajstić information content (AvgIpc) is 3.02. The fraction of sp³-hybridized carbons (Fsp3) is 0.438. The van der Waals surface area contributed by atoms with E-state index in [0.29, 0.717) is 6.04 Å². The Bertz CT molecular complexity index is 541. The van der Waals surface area contributed by atoms with Crippen LogP contribution in [-0.4, -0.2) is 18.1 Å². The fourth-order valence-corrected chi connectivity index (χ4v) is 3.51. The summed E-state index contributed by atoms with van der Waals surface area (Å²) in [5.41, 5.74) is 2.76. The quantitative estimate of drug-likeness (QED) is 0.914. The van der Waals surface area contributed by atoms with Crippen LogP contribution in [-0.2, 0) is 11.2 Å². The summed E-state index contributed by atoms with van der Waals surface area (Å²) in [4.78, 5) is 4.41. The molecule has 0 saturated heterocycles. The molecule has 106 valence electrons. The second-order valence-corrected chi connectivity index (χ2v) is 5.97. The molecule has 4 heteroatoms. The number of hydrogen-bond acceptors (Lipinski definition) is 4. The molecular formula is C16H20N2OS. The van der Waals surface area contributed by atoms with Crippen LogP contribution >= 0.6 is 11.3 Å². The maximum Gasteiger partial charge on any atom is 0.109 e. The van der Waals surface area contributed by atoms with Gasteiger partial charge in [0.05, 0.1) is 18.8 Å². The smallest absolute Gasteiger partial charge is 0.109 e. The number of rotatable bonds is 5. The Morgan fingerprint density at radius 3 is 3.15 bits per heavy atom. The molecule has 0 bridgehead atoms. The van der Waals surface area contributed by atoms with Crippen molar-refractivity contribution in [2.45, 2.75) is 31.9 Å². The zero-order chi connectivity index (χ0) is 13.8. The van der Waals surface area contributed by atoms with E-state index in [1.165, 1.54) is 11.1 Å². The normalized spacial score (nSPS) is 19.6. The molecule has 1 N–H and O–H groups in total. The Kier molecular flexibility index (Phi) is 4.45. The Balaban J connectivity index is 1.67. The summed E-state index contributed by atoms with van der Waals surface area (Å²) < 4.78 is 5.94. The van der Waals surface area contributed by atoms with Crippen LogP contribution in [0.5, 0.6) is 0 Å². The van der Waals surface area contributed by atoms with Gasteiger partial charge in [-0.15, -0.1) is 11.3 Å². The molecule has 0 amide bonds. The molecule has 0 fully saturated rings. The molecule has 2 unspecified atom stereocenters. The topological polar surface area (TPSA) is 34.1 Å². The van der Waals surface area contributed by atoms with E-state index in [9.17, 15) is 0 Å². The Labute approximate surface area is 124 Å². The first-order valence-corrected chi connectivity index (χ1v) is 8.08. The summed E-state index contributed by atoms with van der Waals surface area (Å²) in [6, 6.07) is 8.93. The summed E-state index contributed by atoms with van der Waals surface area (Å²) in [7, 11) is 0. The number of nitrogens with zero attached hydrogens (tertiary/aromatic N) is 1. The van der Waals surface area contributed by atoms with Crippen molar-refractivity contribution in [1.82, 2.24) is 10.3 Å². The van der Waals surface area contributed by atoms with Crippen LogP contribution in [0.1, 0.15) is 41.6 Å². The molecule has 3 rings (SSSR count). The highest BCUT2D eigenvalue weighted by Gasteiger charge is 2.21. The van der Waals surface area contributed by atoms with Crippen molar-refractivity contribution in [1.29, 1.82) is 0 Å². The van der Waals surface area contributed by atoms with Crippen molar-refractivity contribution >= 4 is 11.3 Å². The van der Waals surface area contributed by atoms with Crippen LogP contribution < -0.4 is 5.32 Å². The zero-order valence-corrected chi connectivity index (χ0v) is 12.5. The molecule has 1 aromatic carbocycles. The predicted octanol–water partition coefficient (Wildman–Crippen LogP) is 3.50. The molecule has 1 aliphatic rings. The molecule has 0 aliphatic carbocycles. The van der Waals surface area contributed by atoms with Crippen LogP contribution in [0, 0.1) is 0 Å². The largest absolute Gasteiger partial charge is 0.372 e. The second kappa shape index (κ2) is 6.48. The van der Waals surface area contributed by atoms with E-state index >= 15 is 0 Å². The van der Waals surface area contributed by atoms with Crippen molar-refractivity contribution in [2.24, 2.45) is 0 Å². The standard InChI is InChI=1S/C16H20N2OS/c1-2-14(16-17-8-10-20-16)18-11-15-13-6-4-3-5-12(13)7-9-19-15/h3-6,8,10,14-15,18H,2,7,9,11H2,1H3. The minimum absolute atomic E-state index is 0.161. The van der Waals surface area contributed by atoms with E-state index in [4.69, 9.17) is 4.74 Å². The lowest BCUT2D eigenvalue weighted by atomic mass is 9.97. The molecule has 2 heterocycles. The number of hydrogen-bond donors (Lipinski definition) is 1. The number of benzene rings is 1. The van der Waals surface area contributed by atoms with Gasteiger partial charge >= 0.3 is 0 Å². The van der Waals surface area contributed by atoms with Crippen LogP contribution in [0.4, 0.5) is 0 Å². The van der Waals surface area contributed by atoms with Crippen molar-refractivity contribution in [3.05, 3.63) is 52.0 Å². The lowest BCUT2D eigenvalue weighted by Crippen LogP contribution is -2.30. The number of thiazole rings is 1. The third-order valence-electron chi connectivity index (χ3n) is 3.80. The maximum absolute atomic E-state index is 5.94. The SMILES string of the molecule is CCC(NCC1OCCc2ccccc21)c1nccs1. The van der Waals surface area contributed by atoms with Gasteiger partial charge in [0.15, 0.2) is 0 Å². The fourth-order valence-electron chi connectivity index (χ4n) is 2.71. The number of nitrogens with one attached hydrogen (secondary N) is 1. The van der Waals surface area contributed by atoms with Gasteiger partial charge in [0, 0.05) is 18.1 Å². The first-order chi connectivity index (χ1) is 9.88. The minimum Gasteiger partial charge on any atom is -0.372 e. The average molecular weight is 288 g/mol. The Morgan fingerprint density at radius 1 is 1.45 bits per heavy atom. The van der Waals surface area contributed by atoms with Crippen LogP contribution in [0.2, 0.25) is 0 Å². The summed E-state index contributed by atoms with van der Waals surface area (Å²) >= 11 is 1.71. The zero-order valence-electron chi connectivity index (χ0n) is 11.7. The lowest BCUT2D eigenvalue weighted by Gasteiger charge is -2.27. The summed E-state index contributed by atoms with van der Waals surface area (Å²) in [5.74, 6) is 0. The first-order valence-electron chi connectivity index (χ1n) is 7.20. The third-order valence-corrected chi connectivity index (χ3v) is 4.69. The van der Waals surface area contributed by atoms with Gasteiger partial charge in [0.2, 0.25) is 0 Å². The van der Waals surface area contributed by atoms with Gasteiger partial charge < -0.3 is 10.1 Å². The first kappa shape index (κ1) is 13.7. The highest BCUT2D eigenvalue weighted by Crippen LogP contribution is 2.27. The highest BCUT2D eigenvalue weighted by molar-refractivity contribution is 7.09. The number of fused-ring (bicyclic) bond motifs is 1. The molecule has 0 spiro atoms. The van der Waals surface area contributed by atoms with E-state index < -0.39 is 0 Å². The summed E-state index contributed by atoms with van der Waals surface area (Å²) in [5, 5.41) is 6.80. The van der Waals surface area contributed by atoms with Crippen molar-refractivity contribution in [3.63, 3.8) is 0 Å². The van der Waals surface area contributed by atoms with Gasteiger partial charge in [0.1, 0.15) is 5.01 Å². The van der Waals surface area contributed by atoms with E-state index in [1.54, 1.807) is 11.3 Å². The molecule has 0 saturated carbocycles. The molecule has 1 aliphatic heterocycles. The number of aromatic nitrogens is 1. The Hall–Kier alpha value is -1.23. The van der Waals surface area contributed by atoms with Gasteiger partial charge in [0.25, 0.3) is 0 Å². The maximum atomic E-state index is 5.94. The third kappa shape index (κ3) is 2.92. The predicted molar refractivity (Wildman–Crippen MR) is 82.0 cm³/mol. The lowest BCUT2D eigenvalue weighted by molar-refractivity contribution is 0.0405. The molecule has 20 heavy (non-hydrogen) atoms. The van der Waals surface area contributed by atoms with Gasteiger partial charge in [-0.2, -0.15) is 0 Å². The molecular weight excluding hydrogens is 268 g/mol. The summed E-state index contributed by atoms with van der Waals surface area (Å²) in [6.45, 7) is 3.85. The van der Waals surface area contributed by atoms with Gasteiger partial charge in [-0.1, -0.05) is 31.2 Å². The molecule has 0 radical (unpaired) electrons. The van der Waals surface area contributed by atoms with Crippen LogP contribution in [0.15, 0.2) is 35.8 Å². The Morgan fingerprint density at radius 2 is 2.35 bits per heavy atom. The molecule has 1 aromatic heterocycles. The second-order valence-electron chi connectivity index (χ2n) is 5.05. The van der Waals surface area contributed by atoms with E-state index in [1.807, 2.05) is 11.6 Å². The van der Waals surface area contributed by atoms with Gasteiger partial charge in [-0.3, -0.25) is 0 Å². The van der Waals surface area contributed by atoms with E-state index in [0.717, 1.165) is 31.0 Å². The molecule has 2 atom stereocenters. The summed E-state index contributed by atoms with van der Waals surface area (Å²) in [6.07, 6.45) is 4.10. The van der Waals surface area contributed by atoms with Crippen molar-refractivity contribution in [3.8, 4) is 0 Å². The van der Waals surface area contributed by atoms with Gasteiger partial charge in [-0.05, 0) is 24.0 Å². The minimum atomic E-state index is 0.161. The van der Waals surface area contributed by atoms with E-state index in [2.05, 4.69) is 41.5 Å². The highest BCUT2D eigenvalue weighted by atomic mass is 32.1. The van der Waals surface area contributed by atoms with Crippen molar-refractivity contribution in [2.75, 3.05) is 13.2 Å². The number of ether oxygens (including phenoxy) is 1. The van der Waals surface area contributed by atoms with E-state index in [-0.39, 0.29) is 6.10 Å². The van der Waals surface area contributed by atoms with Crippen molar-refractivity contribution < 1.29 is 4.74 Å². The van der Waals surface area contributed by atoms with Crippen LogP contribution in [0.25, 0.3) is 0 Å². The van der Waals surface area contributed by atoms with Crippen LogP contribution in [0.3, 0.4) is 0 Å². The molecule has 2 aromatic rings. The monoisotopic (exact) mass is 288 g/mol. The molecule has 3 nitrogen and oxygen atoms in total. The van der Waals surface area contributed by atoms with Gasteiger partial charge in [-0.25, -0.2) is 4.98 Å².